The molecule has 15 heavy (non-hydrogen) atoms. The van der Waals surface area contributed by atoms with Crippen LogP contribution in [0.2, 0.25) is 0 Å². The van der Waals surface area contributed by atoms with E-state index in [1.165, 1.54) is 4.31 Å². The molecule has 0 aromatic rings. The monoisotopic (exact) mass is 236 g/mol. The molecule has 0 unspecified atom stereocenters. The van der Waals surface area contributed by atoms with Crippen LogP contribution in [0.15, 0.2) is 0 Å². The summed E-state index contributed by atoms with van der Waals surface area (Å²) >= 11 is 0. The minimum Gasteiger partial charge on any atom is -0.466 e. The van der Waals surface area contributed by atoms with Crippen molar-refractivity contribution in [2.24, 2.45) is 5.73 Å². The molecule has 1 fully saturated rings. The first kappa shape index (κ1) is 12.4. The largest absolute Gasteiger partial charge is 0.466 e. The predicted molar refractivity (Wildman–Crippen MR) is 54.6 cm³/mol. The minimum absolute atomic E-state index is 0.0673. The zero-order valence-corrected chi connectivity index (χ0v) is 9.50. The zero-order valence-electron chi connectivity index (χ0n) is 8.68. The summed E-state index contributed by atoms with van der Waals surface area (Å²) in [5.41, 5.74) is 5.47. The van der Waals surface area contributed by atoms with Crippen LogP contribution in [0.25, 0.3) is 0 Å². The van der Waals surface area contributed by atoms with Crippen molar-refractivity contribution in [1.82, 2.24) is 4.31 Å². The molecule has 1 saturated heterocycles. The lowest BCUT2D eigenvalue weighted by Gasteiger charge is -2.35. The number of rotatable bonds is 5. The Bertz CT molecular complexity index is 322. The van der Waals surface area contributed by atoms with Gasteiger partial charge in [-0.1, -0.05) is 0 Å². The molecule has 0 aromatic carbocycles. The van der Waals surface area contributed by atoms with Crippen LogP contribution in [-0.2, 0) is 19.6 Å². The van der Waals surface area contributed by atoms with Crippen molar-refractivity contribution in [2.75, 3.05) is 25.4 Å². The zero-order chi connectivity index (χ0) is 11.5. The first-order valence-corrected chi connectivity index (χ1v) is 6.45. The van der Waals surface area contributed by atoms with E-state index in [1.54, 1.807) is 6.92 Å². The number of ether oxygens (including phenoxy) is 1. The number of sulfonamides is 1. The number of hydrogen-bond donors (Lipinski definition) is 1. The summed E-state index contributed by atoms with van der Waals surface area (Å²) in [6.45, 7) is 2.66. The summed E-state index contributed by atoms with van der Waals surface area (Å²) < 4.78 is 29.0. The van der Waals surface area contributed by atoms with E-state index in [1.807, 2.05) is 0 Å². The normalized spacial score (nSPS) is 18.5. The molecule has 1 rings (SSSR count). The van der Waals surface area contributed by atoms with Crippen molar-refractivity contribution in [3.63, 3.8) is 0 Å². The van der Waals surface area contributed by atoms with E-state index < -0.39 is 16.0 Å². The van der Waals surface area contributed by atoms with Crippen molar-refractivity contribution in [1.29, 1.82) is 0 Å². The lowest BCUT2D eigenvalue weighted by Crippen LogP contribution is -2.58. The smallest absolute Gasteiger partial charge is 0.306 e. The summed E-state index contributed by atoms with van der Waals surface area (Å²) in [7, 11) is -3.32. The lowest BCUT2D eigenvalue weighted by atomic mass is 10.2. The van der Waals surface area contributed by atoms with Gasteiger partial charge < -0.3 is 10.5 Å². The van der Waals surface area contributed by atoms with E-state index in [9.17, 15) is 13.2 Å². The third-order valence-corrected chi connectivity index (χ3v) is 3.94. The molecule has 6 nitrogen and oxygen atoms in total. The van der Waals surface area contributed by atoms with E-state index in [0.29, 0.717) is 13.1 Å². The quantitative estimate of drug-likeness (QED) is 0.613. The Morgan fingerprint density at radius 3 is 2.60 bits per heavy atom. The van der Waals surface area contributed by atoms with Gasteiger partial charge in [-0.05, 0) is 6.92 Å². The molecule has 0 aliphatic carbocycles. The highest BCUT2D eigenvalue weighted by Gasteiger charge is 2.33. The number of nitrogens with two attached hydrogens (primary N) is 1. The van der Waals surface area contributed by atoms with Gasteiger partial charge in [0.25, 0.3) is 0 Å². The predicted octanol–water partition coefficient (Wildman–Crippen LogP) is -1.09. The number of carbonyl (C=O) groups is 1. The van der Waals surface area contributed by atoms with Gasteiger partial charge in [0.05, 0.1) is 18.8 Å². The molecule has 1 heterocycles. The van der Waals surface area contributed by atoms with Crippen LogP contribution in [0.3, 0.4) is 0 Å². The maximum Gasteiger partial charge on any atom is 0.306 e. The van der Waals surface area contributed by atoms with Crippen molar-refractivity contribution < 1.29 is 17.9 Å². The Morgan fingerprint density at radius 2 is 2.13 bits per heavy atom. The highest BCUT2D eigenvalue weighted by atomic mass is 32.2. The van der Waals surface area contributed by atoms with Crippen LogP contribution in [-0.4, -0.2) is 50.2 Å². The molecule has 0 atom stereocenters. The van der Waals surface area contributed by atoms with Gasteiger partial charge >= 0.3 is 5.97 Å². The second kappa shape index (κ2) is 4.91. The summed E-state index contributed by atoms with van der Waals surface area (Å²) in [6.07, 6.45) is -0.0953. The van der Waals surface area contributed by atoms with Gasteiger partial charge in [-0.2, -0.15) is 4.31 Å². The number of hydrogen-bond acceptors (Lipinski definition) is 5. The third kappa shape index (κ3) is 3.44. The van der Waals surface area contributed by atoms with Crippen LogP contribution >= 0.6 is 0 Å². The molecule has 2 N–H and O–H groups in total. The Kier molecular flexibility index (Phi) is 4.06. The molecule has 0 amide bonds. The van der Waals surface area contributed by atoms with E-state index in [4.69, 9.17) is 5.73 Å². The van der Waals surface area contributed by atoms with Gasteiger partial charge in [-0.3, -0.25) is 4.79 Å². The van der Waals surface area contributed by atoms with E-state index in [0.717, 1.165) is 0 Å². The summed E-state index contributed by atoms with van der Waals surface area (Å²) in [5, 5.41) is 0. The Morgan fingerprint density at radius 1 is 1.53 bits per heavy atom. The average Bonchev–Trinajstić information content (AvgIpc) is 2.10. The topological polar surface area (TPSA) is 89.7 Å². The van der Waals surface area contributed by atoms with E-state index in [-0.39, 0.29) is 24.8 Å². The highest BCUT2D eigenvalue weighted by molar-refractivity contribution is 7.89. The Balaban J connectivity index is 2.34. The Hall–Kier alpha value is -0.660. The molecule has 0 bridgehead atoms. The average molecular weight is 236 g/mol. The van der Waals surface area contributed by atoms with Crippen LogP contribution in [0.5, 0.6) is 0 Å². The van der Waals surface area contributed by atoms with Gasteiger partial charge in [0.15, 0.2) is 0 Å². The molecule has 1 aliphatic rings. The molecule has 7 heteroatoms. The van der Waals surface area contributed by atoms with Crippen molar-refractivity contribution in [3.05, 3.63) is 0 Å². The first-order chi connectivity index (χ1) is 6.95. The third-order valence-electron chi connectivity index (χ3n) is 2.14. The maximum atomic E-state index is 11.5. The standard InChI is InChI=1S/C8H16N2O4S/c1-2-14-8(11)3-4-15(12,13)10-5-7(9)6-10/h7H,2-6,9H2,1H3. The molecular formula is C8H16N2O4S. The van der Waals surface area contributed by atoms with Crippen LogP contribution < -0.4 is 5.73 Å². The van der Waals surface area contributed by atoms with Gasteiger partial charge in [0, 0.05) is 19.1 Å². The number of carbonyl (C=O) groups excluding carboxylic acids is 1. The molecule has 88 valence electrons. The molecule has 0 saturated carbocycles. The highest BCUT2D eigenvalue weighted by Crippen LogP contribution is 2.13. The molecular weight excluding hydrogens is 220 g/mol. The molecule has 0 aromatic heterocycles. The summed E-state index contributed by atoms with van der Waals surface area (Å²) in [5.74, 6) is -0.677. The second-order valence-electron chi connectivity index (χ2n) is 3.45. The van der Waals surface area contributed by atoms with Crippen molar-refractivity contribution >= 4 is 16.0 Å². The van der Waals surface area contributed by atoms with Gasteiger partial charge in [0.2, 0.25) is 10.0 Å². The number of esters is 1. The lowest BCUT2D eigenvalue weighted by molar-refractivity contribution is -0.142. The molecule has 0 radical (unpaired) electrons. The Labute approximate surface area is 89.4 Å². The maximum absolute atomic E-state index is 11.5. The fourth-order valence-electron chi connectivity index (χ4n) is 1.27. The van der Waals surface area contributed by atoms with Crippen LogP contribution in [0.4, 0.5) is 0 Å². The van der Waals surface area contributed by atoms with Gasteiger partial charge in [0.1, 0.15) is 0 Å². The molecule has 1 aliphatic heterocycles. The van der Waals surface area contributed by atoms with Crippen LogP contribution in [0.1, 0.15) is 13.3 Å². The minimum atomic E-state index is -3.32. The number of nitrogens with zero attached hydrogens (tertiary/aromatic N) is 1. The van der Waals surface area contributed by atoms with Crippen molar-refractivity contribution in [3.8, 4) is 0 Å². The van der Waals surface area contributed by atoms with Gasteiger partial charge in [-0.15, -0.1) is 0 Å². The van der Waals surface area contributed by atoms with Crippen molar-refractivity contribution in [2.45, 2.75) is 19.4 Å². The first-order valence-electron chi connectivity index (χ1n) is 4.84. The van der Waals surface area contributed by atoms with E-state index >= 15 is 0 Å². The molecule has 0 spiro atoms. The summed E-state index contributed by atoms with van der Waals surface area (Å²) in [4.78, 5) is 11.0. The van der Waals surface area contributed by atoms with E-state index in [2.05, 4.69) is 4.74 Å². The summed E-state index contributed by atoms with van der Waals surface area (Å²) in [6, 6.07) is -0.0673. The van der Waals surface area contributed by atoms with Gasteiger partial charge in [-0.25, -0.2) is 8.42 Å². The fraction of sp³-hybridized carbons (Fsp3) is 0.875. The SMILES string of the molecule is CCOC(=O)CCS(=O)(=O)N1CC(N)C1. The second-order valence-corrected chi connectivity index (χ2v) is 5.54. The fourth-order valence-corrected chi connectivity index (χ4v) is 2.79. The van der Waals surface area contributed by atoms with Crippen LogP contribution in [0, 0.1) is 0 Å².